The van der Waals surface area contributed by atoms with Crippen LogP contribution in [0.25, 0.3) is 10.9 Å². The fraction of sp³-hybridized carbons (Fsp3) is 0.474. The van der Waals surface area contributed by atoms with E-state index in [0.717, 1.165) is 42.3 Å². The highest BCUT2D eigenvalue weighted by Gasteiger charge is 2.42. The van der Waals surface area contributed by atoms with Gasteiger partial charge in [-0.2, -0.15) is 0 Å². The smallest absolute Gasteiger partial charge is 0.256 e. The molecule has 0 bridgehead atoms. The van der Waals surface area contributed by atoms with Crippen molar-refractivity contribution in [1.82, 2.24) is 4.98 Å². The van der Waals surface area contributed by atoms with Crippen molar-refractivity contribution >= 4 is 22.5 Å². The lowest BCUT2D eigenvalue weighted by atomic mass is 9.78. The first kappa shape index (κ1) is 16.7. The number of carbonyl (C=O) groups excluding carboxylic acids is 1. The van der Waals surface area contributed by atoms with Crippen molar-refractivity contribution in [3.05, 3.63) is 30.5 Å². The van der Waals surface area contributed by atoms with Crippen LogP contribution in [0.2, 0.25) is 0 Å². The number of anilines is 1. The molecule has 1 aliphatic rings. The summed E-state index contributed by atoms with van der Waals surface area (Å²) < 4.78 is 11.0. The minimum atomic E-state index is -0.744. The number of carbonyl (C=O) groups is 1. The molecule has 1 amide bonds. The average molecular weight is 328 g/mol. The summed E-state index contributed by atoms with van der Waals surface area (Å²) in [6.07, 6.45) is 5.38. The number of pyridine rings is 1. The van der Waals surface area contributed by atoms with Gasteiger partial charge in [-0.05, 0) is 49.4 Å². The number of amides is 1. The molecule has 0 spiro atoms. The predicted octanol–water partition coefficient (Wildman–Crippen LogP) is 3.78. The van der Waals surface area contributed by atoms with Gasteiger partial charge >= 0.3 is 0 Å². The number of rotatable bonds is 4. The SMILES string of the molecule is COc1ccc(NC(=O)[C@@]2(OC)CCC[C@@H](C)C2)c2cccnc12. The molecule has 2 aromatic rings. The van der Waals surface area contributed by atoms with Crippen LogP contribution in [0.5, 0.6) is 5.75 Å². The molecular weight excluding hydrogens is 304 g/mol. The third-order valence-corrected chi connectivity index (χ3v) is 4.96. The summed E-state index contributed by atoms with van der Waals surface area (Å²) >= 11 is 0. The number of nitrogens with zero attached hydrogens (tertiary/aromatic N) is 1. The third kappa shape index (κ3) is 2.96. The molecule has 1 N–H and O–H groups in total. The summed E-state index contributed by atoms with van der Waals surface area (Å²) in [5.74, 6) is 1.10. The monoisotopic (exact) mass is 328 g/mol. The Labute approximate surface area is 142 Å². The van der Waals surface area contributed by atoms with E-state index in [1.165, 1.54) is 0 Å². The Balaban J connectivity index is 1.93. The van der Waals surface area contributed by atoms with Crippen molar-refractivity contribution in [3.63, 3.8) is 0 Å². The summed E-state index contributed by atoms with van der Waals surface area (Å²) in [7, 11) is 3.25. The van der Waals surface area contributed by atoms with Crippen LogP contribution < -0.4 is 10.1 Å². The molecule has 128 valence electrons. The van der Waals surface area contributed by atoms with E-state index in [4.69, 9.17) is 9.47 Å². The van der Waals surface area contributed by atoms with E-state index in [-0.39, 0.29) is 5.91 Å². The highest BCUT2D eigenvalue weighted by molar-refractivity contribution is 6.05. The molecule has 1 heterocycles. The molecule has 3 rings (SSSR count). The Morgan fingerprint density at radius 3 is 2.88 bits per heavy atom. The maximum Gasteiger partial charge on any atom is 0.256 e. The average Bonchev–Trinajstić information content (AvgIpc) is 2.61. The third-order valence-electron chi connectivity index (χ3n) is 4.96. The maximum atomic E-state index is 13.0. The number of aromatic nitrogens is 1. The van der Waals surface area contributed by atoms with Gasteiger partial charge in [0.05, 0.1) is 12.8 Å². The van der Waals surface area contributed by atoms with Crippen molar-refractivity contribution < 1.29 is 14.3 Å². The van der Waals surface area contributed by atoms with Gasteiger partial charge in [-0.25, -0.2) is 0 Å². The van der Waals surface area contributed by atoms with E-state index >= 15 is 0 Å². The molecule has 0 saturated heterocycles. The van der Waals surface area contributed by atoms with Crippen LogP contribution in [0.15, 0.2) is 30.5 Å². The van der Waals surface area contributed by atoms with Crippen LogP contribution in [-0.4, -0.2) is 30.7 Å². The topological polar surface area (TPSA) is 60.5 Å². The van der Waals surface area contributed by atoms with E-state index in [1.807, 2.05) is 24.3 Å². The Morgan fingerprint density at radius 2 is 2.17 bits per heavy atom. The normalized spacial score (nSPS) is 23.9. The molecular formula is C19H24N2O3. The van der Waals surface area contributed by atoms with Crippen LogP contribution in [0.1, 0.15) is 32.6 Å². The van der Waals surface area contributed by atoms with Crippen molar-refractivity contribution in [2.24, 2.45) is 5.92 Å². The zero-order valence-electron chi connectivity index (χ0n) is 14.5. The van der Waals surface area contributed by atoms with Crippen LogP contribution in [0.3, 0.4) is 0 Å². The second-order valence-electron chi connectivity index (χ2n) is 6.57. The lowest BCUT2D eigenvalue weighted by molar-refractivity contribution is -0.143. The molecule has 1 aromatic carbocycles. The van der Waals surface area contributed by atoms with E-state index < -0.39 is 5.60 Å². The van der Waals surface area contributed by atoms with Crippen molar-refractivity contribution in [1.29, 1.82) is 0 Å². The fourth-order valence-corrected chi connectivity index (χ4v) is 3.64. The van der Waals surface area contributed by atoms with Gasteiger partial charge in [0.2, 0.25) is 0 Å². The van der Waals surface area contributed by atoms with Gasteiger partial charge in [0, 0.05) is 18.7 Å². The Bertz CT molecular complexity index is 746. The number of fused-ring (bicyclic) bond motifs is 1. The Morgan fingerprint density at radius 1 is 1.33 bits per heavy atom. The zero-order valence-corrected chi connectivity index (χ0v) is 14.5. The number of nitrogens with one attached hydrogen (secondary N) is 1. The molecule has 24 heavy (non-hydrogen) atoms. The first-order valence-electron chi connectivity index (χ1n) is 8.38. The molecule has 1 aromatic heterocycles. The van der Waals surface area contributed by atoms with Gasteiger partial charge in [-0.15, -0.1) is 0 Å². The summed E-state index contributed by atoms with van der Waals surface area (Å²) in [5, 5.41) is 3.92. The second-order valence-corrected chi connectivity index (χ2v) is 6.57. The fourth-order valence-electron chi connectivity index (χ4n) is 3.64. The van der Waals surface area contributed by atoms with Gasteiger partial charge in [0.25, 0.3) is 5.91 Å². The summed E-state index contributed by atoms with van der Waals surface area (Å²) in [5.41, 5.74) is 0.728. The van der Waals surface area contributed by atoms with E-state index in [2.05, 4.69) is 17.2 Å². The standard InChI is InChI=1S/C19H24N2O3/c1-13-6-4-10-19(12-13,24-3)18(22)21-15-8-9-16(23-2)17-14(15)7-5-11-20-17/h5,7-9,11,13H,4,6,10,12H2,1-3H3,(H,21,22)/t13-,19-/m1/s1. The van der Waals surface area contributed by atoms with Crippen LogP contribution in [-0.2, 0) is 9.53 Å². The van der Waals surface area contributed by atoms with Gasteiger partial charge in [0.15, 0.2) is 0 Å². The molecule has 1 saturated carbocycles. The van der Waals surface area contributed by atoms with Gasteiger partial charge < -0.3 is 14.8 Å². The number of hydrogen-bond donors (Lipinski definition) is 1. The number of hydrogen-bond acceptors (Lipinski definition) is 4. The molecule has 2 atom stereocenters. The number of benzene rings is 1. The highest BCUT2D eigenvalue weighted by atomic mass is 16.5. The lowest BCUT2D eigenvalue weighted by Gasteiger charge is -2.37. The van der Waals surface area contributed by atoms with Crippen LogP contribution in [0, 0.1) is 5.92 Å². The minimum absolute atomic E-state index is 0.0770. The Hall–Kier alpha value is -2.14. The van der Waals surface area contributed by atoms with Crippen LogP contribution >= 0.6 is 0 Å². The van der Waals surface area contributed by atoms with Crippen molar-refractivity contribution in [2.75, 3.05) is 19.5 Å². The quantitative estimate of drug-likeness (QED) is 0.928. The molecule has 0 radical (unpaired) electrons. The number of methoxy groups -OCH3 is 2. The van der Waals surface area contributed by atoms with E-state index in [9.17, 15) is 4.79 Å². The first-order valence-corrected chi connectivity index (χ1v) is 8.38. The minimum Gasteiger partial charge on any atom is -0.494 e. The molecule has 1 fully saturated rings. The first-order chi connectivity index (χ1) is 11.6. The molecule has 5 heteroatoms. The largest absolute Gasteiger partial charge is 0.494 e. The second kappa shape index (κ2) is 6.77. The Kier molecular flexibility index (Phi) is 4.71. The van der Waals surface area contributed by atoms with Crippen LogP contribution in [0.4, 0.5) is 5.69 Å². The predicted molar refractivity (Wildman–Crippen MR) is 94.3 cm³/mol. The van der Waals surface area contributed by atoms with Gasteiger partial charge in [0.1, 0.15) is 16.9 Å². The summed E-state index contributed by atoms with van der Waals surface area (Å²) in [6.45, 7) is 2.17. The van der Waals surface area contributed by atoms with E-state index in [1.54, 1.807) is 20.4 Å². The van der Waals surface area contributed by atoms with Gasteiger partial charge in [-0.3, -0.25) is 9.78 Å². The van der Waals surface area contributed by atoms with Crippen molar-refractivity contribution in [3.8, 4) is 5.75 Å². The highest BCUT2D eigenvalue weighted by Crippen LogP contribution is 2.37. The number of ether oxygens (including phenoxy) is 2. The summed E-state index contributed by atoms with van der Waals surface area (Å²) in [6, 6.07) is 7.47. The molecule has 5 nitrogen and oxygen atoms in total. The molecule has 1 aliphatic carbocycles. The lowest BCUT2D eigenvalue weighted by Crippen LogP contribution is -2.47. The zero-order chi connectivity index (χ0) is 17.2. The van der Waals surface area contributed by atoms with E-state index in [0.29, 0.717) is 11.7 Å². The molecule has 0 unspecified atom stereocenters. The molecule has 0 aliphatic heterocycles. The maximum absolute atomic E-state index is 13.0. The van der Waals surface area contributed by atoms with Crippen molar-refractivity contribution in [2.45, 2.75) is 38.2 Å². The summed E-state index contributed by atoms with van der Waals surface area (Å²) in [4.78, 5) is 17.4. The van der Waals surface area contributed by atoms with Gasteiger partial charge in [-0.1, -0.05) is 13.3 Å².